The van der Waals surface area contributed by atoms with Crippen LogP contribution in [0.25, 0.3) is 22.0 Å². The van der Waals surface area contributed by atoms with Crippen LogP contribution in [0.2, 0.25) is 0 Å². The number of hydrogen-bond donors (Lipinski definition) is 2. The highest BCUT2D eigenvalue weighted by atomic mass is 16.5. The van der Waals surface area contributed by atoms with Gasteiger partial charge in [-0.05, 0) is 63.0 Å². The van der Waals surface area contributed by atoms with Gasteiger partial charge in [0.1, 0.15) is 18.2 Å². The molecule has 3 aromatic rings. The van der Waals surface area contributed by atoms with Gasteiger partial charge in [0.25, 0.3) is 0 Å². The molecule has 0 spiro atoms. The van der Waals surface area contributed by atoms with Crippen molar-refractivity contribution in [2.75, 3.05) is 38.2 Å². The normalized spacial score (nSPS) is 25.1. The summed E-state index contributed by atoms with van der Waals surface area (Å²) in [5.41, 5.74) is 2.59. The van der Waals surface area contributed by atoms with Crippen molar-refractivity contribution in [2.24, 2.45) is 0 Å². The maximum atomic E-state index is 10.4. The van der Waals surface area contributed by atoms with Gasteiger partial charge in [-0.25, -0.2) is 0 Å². The van der Waals surface area contributed by atoms with E-state index in [-0.39, 0.29) is 5.75 Å². The van der Waals surface area contributed by atoms with E-state index in [0.717, 1.165) is 53.9 Å². The van der Waals surface area contributed by atoms with E-state index in [4.69, 9.17) is 14.7 Å². The van der Waals surface area contributed by atoms with Gasteiger partial charge < -0.3 is 25.0 Å². The molecule has 3 aliphatic rings. The molecule has 2 unspecified atom stereocenters. The van der Waals surface area contributed by atoms with Gasteiger partial charge in [0.05, 0.1) is 5.52 Å². The average molecular weight is 446 g/mol. The van der Waals surface area contributed by atoms with E-state index in [9.17, 15) is 5.11 Å². The van der Waals surface area contributed by atoms with Crippen LogP contribution in [0.15, 0.2) is 42.5 Å². The lowest BCUT2D eigenvalue weighted by Gasteiger charge is -2.34. The van der Waals surface area contributed by atoms with Gasteiger partial charge in [0, 0.05) is 42.2 Å². The first-order valence-corrected chi connectivity index (χ1v) is 12.1. The van der Waals surface area contributed by atoms with Gasteiger partial charge >= 0.3 is 6.01 Å². The predicted molar refractivity (Wildman–Crippen MR) is 130 cm³/mol. The van der Waals surface area contributed by atoms with Crippen molar-refractivity contribution >= 4 is 16.7 Å². The predicted octanol–water partition coefficient (Wildman–Crippen LogP) is 3.42. The number of likely N-dealkylation sites (N-methyl/N-ethyl adjacent to an activating group) is 1. The molecule has 0 radical (unpaired) electrons. The second kappa shape index (κ2) is 8.47. The minimum absolute atomic E-state index is 0.269. The number of benzene rings is 2. The lowest BCUT2D eigenvalue weighted by atomic mass is 10.0. The van der Waals surface area contributed by atoms with Gasteiger partial charge in [-0.3, -0.25) is 0 Å². The standard InChI is InChI=1S/C26H31N5O2/c1-30-12-4-5-20(30)16-33-26-28-23-13-17(21-6-2-3-7-24(21)32)8-11-22(23)25(29-26)31-14-18-9-10-19(15-31)27-18/h2-3,6-8,11,13,18-20,27,32H,4-5,9-10,12,14-16H2,1H3/t18?,19?,20-/m0/s1. The molecule has 6 rings (SSSR count). The lowest BCUT2D eigenvalue weighted by Crippen LogP contribution is -2.51. The van der Waals surface area contributed by atoms with Crippen LogP contribution in [0.3, 0.4) is 0 Å². The molecule has 0 saturated carbocycles. The third-order valence-corrected chi connectivity index (χ3v) is 7.46. The number of rotatable bonds is 5. The number of aromatic nitrogens is 2. The summed E-state index contributed by atoms with van der Waals surface area (Å²) in [4.78, 5) is 14.5. The van der Waals surface area contributed by atoms with Crippen LogP contribution in [-0.2, 0) is 0 Å². The zero-order valence-corrected chi connectivity index (χ0v) is 19.1. The van der Waals surface area contributed by atoms with Crippen LogP contribution in [0.1, 0.15) is 25.7 Å². The summed E-state index contributed by atoms with van der Waals surface area (Å²) in [6, 6.07) is 15.5. The molecule has 0 aliphatic carbocycles. The first-order chi connectivity index (χ1) is 16.1. The Hall–Kier alpha value is -2.90. The van der Waals surface area contributed by atoms with E-state index >= 15 is 0 Å². The number of ether oxygens (including phenoxy) is 1. The third kappa shape index (κ3) is 4.00. The van der Waals surface area contributed by atoms with E-state index in [2.05, 4.69) is 34.3 Å². The molecule has 33 heavy (non-hydrogen) atoms. The number of nitrogens with one attached hydrogen (secondary N) is 1. The second-order valence-electron chi connectivity index (χ2n) is 9.71. The van der Waals surface area contributed by atoms with Crippen molar-refractivity contribution in [1.82, 2.24) is 20.2 Å². The Labute approximate surface area is 194 Å². The smallest absolute Gasteiger partial charge is 0.319 e. The van der Waals surface area contributed by atoms with E-state index in [1.54, 1.807) is 6.07 Å². The number of nitrogens with zero attached hydrogens (tertiary/aromatic N) is 4. The van der Waals surface area contributed by atoms with Crippen molar-refractivity contribution in [3.63, 3.8) is 0 Å². The number of piperazine rings is 1. The molecule has 3 atom stereocenters. The Morgan fingerprint density at radius 3 is 2.64 bits per heavy atom. The molecule has 172 valence electrons. The number of para-hydroxylation sites is 1. The fourth-order valence-corrected chi connectivity index (χ4v) is 5.61. The molecule has 3 saturated heterocycles. The first-order valence-electron chi connectivity index (χ1n) is 12.1. The van der Waals surface area contributed by atoms with E-state index in [1.807, 2.05) is 24.3 Å². The molecular weight excluding hydrogens is 414 g/mol. The topological polar surface area (TPSA) is 73.8 Å². The van der Waals surface area contributed by atoms with Crippen LogP contribution < -0.4 is 15.0 Å². The number of likely N-dealkylation sites (tertiary alicyclic amines) is 1. The molecule has 3 fully saturated rings. The Morgan fingerprint density at radius 2 is 1.88 bits per heavy atom. The quantitative estimate of drug-likeness (QED) is 0.623. The summed E-state index contributed by atoms with van der Waals surface area (Å²) in [7, 11) is 2.16. The van der Waals surface area contributed by atoms with E-state index in [1.165, 1.54) is 19.3 Å². The van der Waals surface area contributed by atoms with Crippen LogP contribution in [-0.4, -0.2) is 71.4 Å². The monoisotopic (exact) mass is 445 g/mol. The zero-order chi connectivity index (χ0) is 22.4. The van der Waals surface area contributed by atoms with Gasteiger partial charge in [-0.2, -0.15) is 9.97 Å². The molecule has 2 N–H and O–H groups in total. The van der Waals surface area contributed by atoms with Gasteiger partial charge in [0.2, 0.25) is 0 Å². The Bertz CT molecular complexity index is 1160. The summed E-state index contributed by atoms with van der Waals surface area (Å²) >= 11 is 0. The summed E-state index contributed by atoms with van der Waals surface area (Å²) in [5.74, 6) is 1.22. The maximum absolute atomic E-state index is 10.4. The van der Waals surface area contributed by atoms with Crippen molar-refractivity contribution in [3.05, 3.63) is 42.5 Å². The Kier molecular flexibility index (Phi) is 5.31. The fraction of sp³-hybridized carbons (Fsp3) is 0.462. The molecule has 3 aliphatic heterocycles. The summed E-state index contributed by atoms with van der Waals surface area (Å²) in [6.07, 6.45) is 4.80. The maximum Gasteiger partial charge on any atom is 0.319 e. The number of hydrogen-bond acceptors (Lipinski definition) is 7. The van der Waals surface area contributed by atoms with E-state index < -0.39 is 0 Å². The molecule has 0 amide bonds. The highest BCUT2D eigenvalue weighted by Crippen LogP contribution is 2.35. The SMILES string of the molecule is CN1CCC[C@H]1COc1nc(N2CC3CCC(C2)N3)c2ccc(-c3ccccc3O)cc2n1. The molecule has 7 nitrogen and oxygen atoms in total. The molecule has 1 aromatic heterocycles. The largest absolute Gasteiger partial charge is 0.507 e. The first kappa shape index (κ1) is 20.7. The number of aromatic hydroxyl groups is 1. The summed E-state index contributed by atoms with van der Waals surface area (Å²) in [6.45, 7) is 3.63. The Balaban J connectivity index is 1.39. The average Bonchev–Trinajstić information content (AvgIpc) is 3.40. The molecule has 2 aromatic carbocycles. The van der Waals surface area contributed by atoms with Crippen LogP contribution in [0.4, 0.5) is 5.82 Å². The molecule has 2 bridgehead atoms. The Morgan fingerprint density at radius 1 is 1.06 bits per heavy atom. The number of fused-ring (bicyclic) bond motifs is 3. The molecular formula is C26H31N5O2. The third-order valence-electron chi connectivity index (χ3n) is 7.46. The number of phenols is 1. The zero-order valence-electron chi connectivity index (χ0n) is 19.1. The lowest BCUT2D eigenvalue weighted by molar-refractivity contribution is 0.188. The number of anilines is 1. The fourth-order valence-electron chi connectivity index (χ4n) is 5.61. The van der Waals surface area contributed by atoms with Gasteiger partial charge in [-0.1, -0.05) is 24.3 Å². The number of phenolic OH excluding ortho intramolecular Hbond substituents is 1. The highest BCUT2D eigenvalue weighted by molar-refractivity contribution is 5.93. The van der Waals surface area contributed by atoms with Crippen molar-refractivity contribution in [3.8, 4) is 22.9 Å². The van der Waals surface area contributed by atoms with E-state index in [0.29, 0.717) is 30.7 Å². The van der Waals surface area contributed by atoms with Crippen molar-refractivity contribution < 1.29 is 9.84 Å². The van der Waals surface area contributed by atoms with Crippen molar-refractivity contribution in [2.45, 2.75) is 43.8 Å². The van der Waals surface area contributed by atoms with Gasteiger partial charge in [-0.15, -0.1) is 0 Å². The molecule has 7 heteroatoms. The van der Waals surface area contributed by atoms with Crippen LogP contribution in [0.5, 0.6) is 11.8 Å². The van der Waals surface area contributed by atoms with Crippen LogP contribution >= 0.6 is 0 Å². The van der Waals surface area contributed by atoms with Crippen LogP contribution in [0, 0.1) is 0 Å². The minimum atomic E-state index is 0.269. The highest BCUT2D eigenvalue weighted by Gasteiger charge is 2.33. The van der Waals surface area contributed by atoms with Gasteiger partial charge in [0.15, 0.2) is 0 Å². The van der Waals surface area contributed by atoms with Crippen molar-refractivity contribution in [1.29, 1.82) is 0 Å². The minimum Gasteiger partial charge on any atom is -0.507 e. The second-order valence-corrected chi connectivity index (χ2v) is 9.71. The summed E-state index contributed by atoms with van der Waals surface area (Å²) in [5, 5.41) is 15.1. The molecule has 4 heterocycles. The summed E-state index contributed by atoms with van der Waals surface area (Å²) < 4.78 is 6.18.